The maximum absolute atomic E-state index is 11.9. The molecule has 1 aliphatic carbocycles. The van der Waals surface area contributed by atoms with Crippen molar-refractivity contribution >= 4 is 22.6 Å². The van der Waals surface area contributed by atoms with Crippen LogP contribution in [0.3, 0.4) is 0 Å². The van der Waals surface area contributed by atoms with Gasteiger partial charge in [-0.15, -0.1) is 0 Å². The van der Waals surface area contributed by atoms with Gasteiger partial charge in [-0.05, 0) is 43.0 Å². The van der Waals surface area contributed by atoms with Crippen LogP contribution in [0.15, 0.2) is 30.4 Å². The van der Waals surface area contributed by atoms with Crippen molar-refractivity contribution in [3.63, 3.8) is 0 Å². The number of H-pyrrole nitrogens is 1. The molecule has 6 heteroatoms. The third-order valence-corrected chi connectivity index (χ3v) is 4.42. The first-order valence-electron chi connectivity index (χ1n) is 8.54. The number of hydrogen-bond acceptors (Lipinski definition) is 4. The lowest BCUT2D eigenvalue weighted by atomic mass is 10.2. The van der Waals surface area contributed by atoms with Gasteiger partial charge in [-0.1, -0.05) is 6.08 Å². The number of imidazole rings is 1. The molecular weight excluding hydrogens is 304 g/mol. The predicted molar refractivity (Wildman–Crippen MR) is 92.7 cm³/mol. The predicted octanol–water partition coefficient (Wildman–Crippen LogP) is 2.30. The smallest absolute Gasteiger partial charge is 0.248 e. The summed E-state index contributed by atoms with van der Waals surface area (Å²) in [5, 5.41) is 2.91. The van der Waals surface area contributed by atoms with Gasteiger partial charge in [-0.3, -0.25) is 9.69 Å². The Morgan fingerprint density at radius 2 is 2.21 bits per heavy atom. The first-order chi connectivity index (χ1) is 11.8. The minimum absolute atomic E-state index is 0.0747. The second-order valence-electron chi connectivity index (χ2n) is 6.49. The molecule has 2 fully saturated rings. The summed E-state index contributed by atoms with van der Waals surface area (Å²) in [6, 6.07) is 5.77. The monoisotopic (exact) mass is 326 g/mol. The lowest BCUT2D eigenvalue weighted by Gasteiger charge is -2.25. The summed E-state index contributed by atoms with van der Waals surface area (Å²) in [7, 11) is 0. The van der Waals surface area contributed by atoms with E-state index >= 15 is 0 Å². The molecular formula is C18H22N4O2. The van der Waals surface area contributed by atoms with Gasteiger partial charge in [0, 0.05) is 18.8 Å². The van der Waals surface area contributed by atoms with Crippen LogP contribution in [0.25, 0.3) is 11.0 Å². The van der Waals surface area contributed by atoms with Gasteiger partial charge in [-0.2, -0.15) is 0 Å². The minimum atomic E-state index is -0.0747. The molecule has 126 valence electrons. The number of nitrogens with one attached hydrogen (secondary N) is 2. The SMILES string of the molecule is O=C(C=CC1CC1)Nc1ccc2nc(CN3CCOCC3)[nH]c2c1. The highest BCUT2D eigenvalue weighted by Gasteiger charge is 2.17. The van der Waals surface area contributed by atoms with E-state index in [4.69, 9.17) is 4.74 Å². The van der Waals surface area contributed by atoms with Crippen LogP contribution in [0.1, 0.15) is 18.7 Å². The Hall–Kier alpha value is -2.18. The molecule has 2 aliphatic rings. The van der Waals surface area contributed by atoms with E-state index < -0.39 is 0 Å². The number of aromatic amines is 1. The van der Waals surface area contributed by atoms with Crippen LogP contribution in [-0.4, -0.2) is 47.1 Å². The van der Waals surface area contributed by atoms with Gasteiger partial charge in [0.15, 0.2) is 0 Å². The van der Waals surface area contributed by atoms with Crippen LogP contribution >= 0.6 is 0 Å². The molecule has 0 spiro atoms. The van der Waals surface area contributed by atoms with Crippen LogP contribution in [-0.2, 0) is 16.1 Å². The quantitative estimate of drug-likeness (QED) is 0.827. The molecule has 1 amide bonds. The number of ether oxygens (including phenoxy) is 1. The molecule has 1 aliphatic heterocycles. The zero-order valence-corrected chi connectivity index (χ0v) is 13.6. The minimum Gasteiger partial charge on any atom is -0.379 e. The van der Waals surface area contributed by atoms with Crippen molar-refractivity contribution in [2.75, 3.05) is 31.6 Å². The van der Waals surface area contributed by atoms with E-state index in [-0.39, 0.29) is 5.91 Å². The molecule has 24 heavy (non-hydrogen) atoms. The summed E-state index contributed by atoms with van der Waals surface area (Å²) in [4.78, 5) is 22.2. The van der Waals surface area contributed by atoms with Crippen molar-refractivity contribution in [1.82, 2.24) is 14.9 Å². The zero-order valence-electron chi connectivity index (χ0n) is 13.6. The topological polar surface area (TPSA) is 70.2 Å². The van der Waals surface area contributed by atoms with E-state index in [1.807, 2.05) is 24.3 Å². The van der Waals surface area contributed by atoms with Crippen molar-refractivity contribution in [3.8, 4) is 0 Å². The maximum atomic E-state index is 11.9. The number of rotatable bonds is 5. The highest BCUT2D eigenvalue weighted by Crippen LogP contribution is 2.30. The summed E-state index contributed by atoms with van der Waals surface area (Å²) in [6.07, 6.45) is 6.04. The van der Waals surface area contributed by atoms with E-state index in [1.165, 1.54) is 12.8 Å². The zero-order chi connectivity index (χ0) is 16.4. The first kappa shape index (κ1) is 15.4. The molecule has 1 aromatic heterocycles. The largest absolute Gasteiger partial charge is 0.379 e. The second kappa shape index (κ2) is 6.75. The molecule has 2 N–H and O–H groups in total. The summed E-state index contributed by atoms with van der Waals surface area (Å²) < 4.78 is 5.37. The normalized spacial score (nSPS) is 19.2. The summed E-state index contributed by atoms with van der Waals surface area (Å²) in [5.74, 6) is 1.48. The number of aromatic nitrogens is 2. The van der Waals surface area contributed by atoms with Gasteiger partial charge in [0.1, 0.15) is 5.82 Å². The summed E-state index contributed by atoms with van der Waals surface area (Å²) in [6.45, 7) is 4.23. The first-order valence-corrected chi connectivity index (χ1v) is 8.54. The van der Waals surface area contributed by atoms with Gasteiger partial charge >= 0.3 is 0 Å². The van der Waals surface area contributed by atoms with Gasteiger partial charge in [0.05, 0.1) is 30.8 Å². The average molecular weight is 326 g/mol. The third kappa shape index (κ3) is 3.83. The Labute approximate surface area is 140 Å². The average Bonchev–Trinajstić information content (AvgIpc) is 3.33. The Bertz CT molecular complexity index is 757. The van der Waals surface area contributed by atoms with E-state index in [1.54, 1.807) is 6.08 Å². The summed E-state index contributed by atoms with van der Waals surface area (Å²) in [5.41, 5.74) is 2.65. The number of fused-ring (bicyclic) bond motifs is 1. The Morgan fingerprint density at radius 3 is 3.00 bits per heavy atom. The van der Waals surface area contributed by atoms with Crippen molar-refractivity contribution in [3.05, 3.63) is 36.2 Å². The van der Waals surface area contributed by atoms with E-state index in [0.29, 0.717) is 5.92 Å². The molecule has 1 saturated carbocycles. The summed E-state index contributed by atoms with van der Waals surface area (Å²) >= 11 is 0. The fourth-order valence-corrected chi connectivity index (χ4v) is 2.88. The third-order valence-electron chi connectivity index (χ3n) is 4.42. The van der Waals surface area contributed by atoms with E-state index in [9.17, 15) is 4.79 Å². The number of benzene rings is 1. The standard InChI is InChI=1S/C18H22N4O2/c23-18(6-3-13-1-2-13)19-14-4-5-15-16(11-14)21-17(20-15)12-22-7-9-24-10-8-22/h3-6,11,13H,1-2,7-10,12H2,(H,19,23)(H,20,21). The van der Waals surface area contributed by atoms with Crippen molar-refractivity contribution in [2.45, 2.75) is 19.4 Å². The molecule has 1 saturated heterocycles. The number of allylic oxidation sites excluding steroid dienone is 1. The van der Waals surface area contributed by atoms with Crippen LogP contribution < -0.4 is 5.32 Å². The fourth-order valence-electron chi connectivity index (χ4n) is 2.88. The van der Waals surface area contributed by atoms with Crippen LogP contribution in [0.5, 0.6) is 0 Å². The number of nitrogens with zero attached hydrogens (tertiary/aromatic N) is 2. The number of anilines is 1. The number of hydrogen-bond donors (Lipinski definition) is 2. The molecule has 0 atom stereocenters. The molecule has 2 aromatic rings. The van der Waals surface area contributed by atoms with E-state index in [2.05, 4.69) is 20.2 Å². The highest BCUT2D eigenvalue weighted by atomic mass is 16.5. The Kier molecular flexibility index (Phi) is 4.32. The molecule has 0 unspecified atom stereocenters. The van der Waals surface area contributed by atoms with Crippen LogP contribution in [0, 0.1) is 5.92 Å². The maximum Gasteiger partial charge on any atom is 0.248 e. The number of carbonyl (C=O) groups excluding carboxylic acids is 1. The molecule has 0 radical (unpaired) electrons. The van der Waals surface area contributed by atoms with Gasteiger partial charge in [0.2, 0.25) is 5.91 Å². The van der Waals surface area contributed by atoms with Crippen molar-refractivity contribution < 1.29 is 9.53 Å². The van der Waals surface area contributed by atoms with Gasteiger partial charge in [-0.25, -0.2) is 4.98 Å². The lowest BCUT2D eigenvalue weighted by molar-refractivity contribution is -0.111. The second-order valence-corrected chi connectivity index (χ2v) is 6.49. The van der Waals surface area contributed by atoms with Crippen LogP contribution in [0.4, 0.5) is 5.69 Å². The van der Waals surface area contributed by atoms with Crippen LogP contribution in [0.2, 0.25) is 0 Å². The number of morpholine rings is 1. The Balaban J connectivity index is 1.43. The Morgan fingerprint density at radius 1 is 1.38 bits per heavy atom. The lowest BCUT2D eigenvalue weighted by Crippen LogP contribution is -2.35. The molecule has 0 bridgehead atoms. The fraction of sp³-hybridized carbons (Fsp3) is 0.444. The van der Waals surface area contributed by atoms with Crippen molar-refractivity contribution in [1.29, 1.82) is 0 Å². The molecule has 4 rings (SSSR count). The highest BCUT2D eigenvalue weighted by molar-refractivity contribution is 6.00. The van der Waals surface area contributed by atoms with Gasteiger partial charge < -0.3 is 15.0 Å². The molecule has 1 aromatic carbocycles. The van der Waals surface area contributed by atoms with Gasteiger partial charge in [0.25, 0.3) is 0 Å². The number of carbonyl (C=O) groups is 1. The number of amides is 1. The van der Waals surface area contributed by atoms with E-state index in [0.717, 1.165) is 55.4 Å². The molecule has 6 nitrogen and oxygen atoms in total. The molecule has 2 heterocycles. The van der Waals surface area contributed by atoms with Crippen molar-refractivity contribution in [2.24, 2.45) is 5.92 Å².